The number of hydrogen-bond acceptors (Lipinski definition) is 5. The highest BCUT2D eigenvalue weighted by atomic mass is 32.2. The number of nitrogens with zero attached hydrogens (tertiary/aromatic N) is 3. The molecule has 1 aliphatic carbocycles. The van der Waals surface area contributed by atoms with Gasteiger partial charge in [-0.25, -0.2) is 0 Å². The van der Waals surface area contributed by atoms with Crippen LogP contribution in [0.25, 0.3) is 0 Å². The van der Waals surface area contributed by atoms with Crippen molar-refractivity contribution in [3.05, 3.63) is 0 Å². The van der Waals surface area contributed by atoms with Gasteiger partial charge in [-0.05, 0) is 19.3 Å². The van der Waals surface area contributed by atoms with Crippen molar-refractivity contribution in [2.75, 3.05) is 18.0 Å². The van der Waals surface area contributed by atoms with Gasteiger partial charge < -0.3 is 11.1 Å². The first-order valence-corrected chi connectivity index (χ1v) is 8.30. The third-order valence-corrected chi connectivity index (χ3v) is 4.23. The summed E-state index contributed by atoms with van der Waals surface area (Å²) in [5.74, 6) is 0.879. The van der Waals surface area contributed by atoms with E-state index >= 15 is 0 Å². The van der Waals surface area contributed by atoms with Crippen LogP contribution in [0.4, 0.5) is 5.95 Å². The summed E-state index contributed by atoms with van der Waals surface area (Å²) in [6.45, 7) is 2.94. The van der Waals surface area contributed by atoms with Crippen LogP contribution in [0.15, 0.2) is 5.16 Å². The molecule has 112 valence electrons. The van der Waals surface area contributed by atoms with E-state index in [-0.39, 0.29) is 5.91 Å². The standard InChI is InChI=1S/C13H23N5OS/c1-2-3-4-5-8-15-11(19)9-20-13-17-16-12(14)18(13)10-6-7-10/h10H,2-9H2,1H3,(H2,14,16)(H,15,19). The SMILES string of the molecule is CCCCCCNC(=O)CSc1nnc(N)n1C1CC1. The number of unbranched alkanes of at least 4 members (excludes halogenated alkanes) is 3. The minimum atomic E-state index is 0.0513. The third kappa shape index (κ3) is 4.40. The van der Waals surface area contributed by atoms with E-state index in [0.717, 1.165) is 31.0 Å². The van der Waals surface area contributed by atoms with E-state index in [1.165, 1.54) is 31.0 Å². The lowest BCUT2D eigenvalue weighted by Crippen LogP contribution is -2.26. The molecule has 1 saturated carbocycles. The van der Waals surface area contributed by atoms with E-state index in [2.05, 4.69) is 22.4 Å². The molecule has 1 fully saturated rings. The Labute approximate surface area is 123 Å². The summed E-state index contributed by atoms with van der Waals surface area (Å²) in [7, 11) is 0. The topological polar surface area (TPSA) is 85.8 Å². The second-order valence-electron chi connectivity index (χ2n) is 5.14. The van der Waals surface area contributed by atoms with Crippen LogP contribution in [0.5, 0.6) is 0 Å². The van der Waals surface area contributed by atoms with Crippen LogP contribution in [0.1, 0.15) is 51.5 Å². The van der Waals surface area contributed by atoms with Crippen LogP contribution in [0.2, 0.25) is 0 Å². The Bertz CT molecular complexity index is 444. The number of nitrogens with one attached hydrogen (secondary N) is 1. The molecule has 7 heteroatoms. The zero-order chi connectivity index (χ0) is 14.4. The molecule has 6 nitrogen and oxygen atoms in total. The molecule has 1 amide bonds. The number of carbonyl (C=O) groups excluding carboxylic acids is 1. The van der Waals surface area contributed by atoms with Crippen molar-refractivity contribution in [1.29, 1.82) is 0 Å². The zero-order valence-corrected chi connectivity index (χ0v) is 12.8. The second-order valence-corrected chi connectivity index (χ2v) is 6.08. The molecule has 1 aromatic heterocycles. The number of hydrogen-bond donors (Lipinski definition) is 2. The molecular weight excluding hydrogens is 274 g/mol. The van der Waals surface area contributed by atoms with Crippen molar-refractivity contribution in [2.45, 2.75) is 56.6 Å². The molecule has 0 atom stereocenters. The maximum Gasteiger partial charge on any atom is 0.230 e. The van der Waals surface area contributed by atoms with Crippen molar-refractivity contribution in [2.24, 2.45) is 0 Å². The van der Waals surface area contributed by atoms with Gasteiger partial charge >= 0.3 is 0 Å². The fourth-order valence-electron chi connectivity index (χ4n) is 2.02. The Morgan fingerprint density at radius 3 is 2.90 bits per heavy atom. The van der Waals surface area contributed by atoms with Gasteiger partial charge in [0.05, 0.1) is 5.75 Å². The lowest BCUT2D eigenvalue weighted by molar-refractivity contribution is -0.118. The van der Waals surface area contributed by atoms with Gasteiger partial charge in [0.15, 0.2) is 5.16 Å². The van der Waals surface area contributed by atoms with E-state index in [1.54, 1.807) is 0 Å². The summed E-state index contributed by atoms with van der Waals surface area (Å²) < 4.78 is 1.94. The highest BCUT2D eigenvalue weighted by Gasteiger charge is 2.28. The number of nitrogen functional groups attached to an aromatic ring is 1. The average molecular weight is 297 g/mol. The fraction of sp³-hybridized carbons (Fsp3) is 0.769. The van der Waals surface area contributed by atoms with E-state index in [4.69, 9.17) is 5.73 Å². The quantitative estimate of drug-likeness (QED) is 0.538. The molecule has 1 heterocycles. The predicted octanol–water partition coefficient (Wildman–Crippen LogP) is 1.98. The lowest BCUT2D eigenvalue weighted by Gasteiger charge is -2.06. The molecule has 0 unspecified atom stereocenters. The Balaban J connectivity index is 1.68. The van der Waals surface area contributed by atoms with Gasteiger partial charge in [0.25, 0.3) is 0 Å². The number of thioether (sulfide) groups is 1. The third-order valence-electron chi connectivity index (χ3n) is 3.29. The minimum Gasteiger partial charge on any atom is -0.368 e. The summed E-state index contributed by atoms with van der Waals surface area (Å²) in [6.07, 6.45) is 6.92. The van der Waals surface area contributed by atoms with Gasteiger partial charge in [0, 0.05) is 12.6 Å². The number of amides is 1. The van der Waals surface area contributed by atoms with Crippen molar-refractivity contribution in [1.82, 2.24) is 20.1 Å². The average Bonchev–Trinajstić information content (AvgIpc) is 3.20. The van der Waals surface area contributed by atoms with Gasteiger partial charge in [-0.1, -0.05) is 37.9 Å². The Hall–Kier alpha value is -1.24. The molecule has 2 rings (SSSR count). The molecule has 1 aromatic rings. The van der Waals surface area contributed by atoms with Gasteiger partial charge in [-0.2, -0.15) is 0 Å². The molecule has 1 aliphatic rings. The van der Waals surface area contributed by atoms with Gasteiger partial charge in [0.2, 0.25) is 11.9 Å². The summed E-state index contributed by atoms with van der Waals surface area (Å²) in [5.41, 5.74) is 5.79. The first kappa shape index (κ1) is 15.2. The van der Waals surface area contributed by atoms with Crippen LogP contribution < -0.4 is 11.1 Å². The van der Waals surface area contributed by atoms with Crippen molar-refractivity contribution < 1.29 is 4.79 Å². The first-order valence-electron chi connectivity index (χ1n) is 7.32. The van der Waals surface area contributed by atoms with Crippen LogP contribution in [0, 0.1) is 0 Å². The van der Waals surface area contributed by atoms with Crippen LogP contribution in [-0.4, -0.2) is 33.0 Å². The lowest BCUT2D eigenvalue weighted by atomic mass is 10.2. The number of rotatable bonds is 9. The summed E-state index contributed by atoms with van der Waals surface area (Å²) in [6, 6.07) is 0.435. The Kier molecular flexibility index (Phi) is 5.70. The summed E-state index contributed by atoms with van der Waals surface area (Å²) in [5, 5.41) is 11.6. The molecule has 0 radical (unpaired) electrons. The normalized spacial score (nSPS) is 14.4. The van der Waals surface area contributed by atoms with Gasteiger partial charge in [0.1, 0.15) is 0 Å². The largest absolute Gasteiger partial charge is 0.368 e. The minimum absolute atomic E-state index is 0.0513. The number of aromatic nitrogens is 3. The highest BCUT2D eigenvalue weighted by Crippen LogP contribution is 2.39. The molecular formula is C13H23N5OS. The summed E-state index contributed by atoms with van der Waals surface area (Å²) in [4.78, 5) is 11.7. The van der Waals surface area contributed by atoms with Crippen molar-refractivity contribution >= 4 is 23.6 Å². The Morgan fingerprint density at radius 1 is 1.40 bits per heavy atom. The van der Waals surface area contributed by atoms with Gasteiger partial charge in [-0.3, -0.25) is 9.36 Å². The molecule has 0 aromatic carbocycles. The number of carbonyl (C=O) groups is 1. The van der Waals surface area contributed by atoms with Crippen molar-refractivity contribution in [3.63, 3.8) is 0 Å². The van der Waals surface area contributed by atoms with Crippen LogP contribution in [0.3, 0.4) is 0 Å². The number of anilines is 1. The monoisotopic (exact) mass is 297 g/mol. The maximum absolute atomic E-state index is 11.7. The van der Waals surface area contributed by atoms with E-state index in [0.29, 0.717) is 17.7 Å². The molecule has 3 N–H and O–H groups in total. The molecule has 0 bridgehead atoms. The van der Waals surface area contributed by atoms with E-state index < -0.39 is 0 Å². The molecule has 20 heavy (non-hydrogen) atoms. The first-order chi connectivity index (χ1) is 9.72. The maximum atomic E-state index is 11.7. The highest BCUT2D eigenvalue weighted by molar-refractivity contribution is 7.99. The smallest absolute Gasteiger partial charge is 0.230 e. The van der Waals surface area contributed by atoms with Gasteiger partial charge in [-0.15, -0.1) is 10.2 Å². The zero-order valence-electron chi connectivity index (χ0n) is 12.0. The fourth-order valence-corrected chi connectivity index (χ4v) is 2.87. The van der Waals surface area contributed by atoms with Crippen molar-refractivity contribution in [3.8, 4) is 0 Å². The van der Waals surface area contributed by atoms with E-state index in [1.807, 2.05) is 4.57 Å². The molecule has 0 spiro atoms. The second kappa shape index (κ2) is 7.52. The van der Waals surface area contributed by atoms with Crippen LogP contribution in [-0.2, 0) is 4.79 Å². The molecule has 0 saturated heterocycles. The summed E-state index contributed by atoms with van der Waals surface area (Å²) >= 11 is 1.41. The Morgan fingerprint density at radius 2 is 2.20 bits per heavy atom. The van der Waals surface area contributed by atoms with Crippen LogP contribution >= 0.6 is 11.8 Å². The van der Waals surface area contributed by atoms with E-state index in [9.17, 15) is 4.79 Å². The molecule has 0 aliphatic heterocycles. The number of nitrogens with two attached hydrogens (primary N) is 1. The predicted molar refractivity (Wildman–Crippen MR) is 80.6 cm³/mol.